The van der Waals surface area contributed by atoms with Crippen LogP contribution in [-0.4, -0.2) is 68.3 Å². The third-order valence-corrected chi connectivity index (χ3v) is 7.78. The average molecular weight is 471 g/mol. The van der Waals surface area contributed by atoms with Gasteiger partial charge in [-0.25, -0.2) is 4.79 Å². The summed E-state index contributed by atoms with van der Waals surface area (Å²) in [6.07, 6.45) is 6.16. The molecule has 3 heterocycles. The lowest BCUT2D eigenvalue weighted by atomic mass is 9.83. The normalized spacial score (nSPS) is 20.8. The molecule has 0 radical (unpaired) electrons. The van der Waals surface area contributed by atoms with Gasteiger partial charge in [0.1, 0.15) is 11.3 Å². The molecule has 2 aromatic rings. The van der Waals surface area contributed by atoms with Crippen LogP contribution in [0.15, 0.2) is 21.3 Å². The monoisotopic (exact) mass is 470 g/mol. The number of piperidine rings is 2. The third kappa shape index (κ3) is 5.15. The van der Waals surface area contributed by atoms with Gasteiger partial charge in [0, 0.05) is 42.8 Å². The van der Waals surface area contributed by atoms with Gasteiger partial charge < -0.3 is 23.7 Å². The number of rotatable bonds is 8. The van der Waals surface area contributed by atoms with Crippen LogP contribution < -0.4 is 10.4 Å². The molecule has 7 heteroatoms. The number of hydrogen-bond acceptors (Lipinski definition) is 6. The summed E-state index contributed by atoms with van der Waals surface area (Å²) < 4.78 is 16.8. The Hall–Kier alpha value is -2.38. The number of carbonyl (C=O) groups is 1. The van der Waals surface area contributed by atoms with E-state index in [9.17, 15) is 9.59 Å². The highest BCUT2D eigenvalue weighted by Crippen LogP contribution is 2.32. The Balaban J connectivity index is 1.46. The Labute approximate surface area is 202 Å². The molecule has 7 nitrogen and oxygen atoms in total. The first-order valence-corrected chi connectivity index (χ1v) is 12.6. The molecule has 0 spiro atoms. The van der Waals surface area contributed by atoms with Gasteiger partial charge in [-0.1, -0.05) is 6.42 Å². The Morgan fingerprint density at radius 1 is 1.09 bits per heavy atom. The summed E-state index contributed by atoms with van der Waals surface area (Å²) in [6.45, 7) is 9.69. The number of aryl methyl sites for hydroxylation is 2. The van der Waals surface area contributed by atoms with Gasteiger partial charge in [-0.05, 0) is 83.2 Å². The van der Waals surface area contributed by atoms with Crippen molar-refractivity contribution in [2.24, 2.45) is 5.92 Å². The van der Waals surface area contributed by atoms with Gasteiger partial charge in [0.25, 0.3) is 5.91 Å². The van der Waals surface area contributed by atoms with Crippen LogP contribution in [0.3, 0.4) is 0 Å². The van der Waals surface area contributed by atoms with Crippen molar-refractivity contribution in [1.29, 1.82) is 0 Å². The molecule has 1 aromatic heterocycles. The van der Waals surface area contributed by atoms with Crippen LogP contribution in [-0.2, 0) is 9.53 Å². The van der Waals surface area contributed by atoms with E-state index in [1.165, 1.54) is 45.2 Å². The molecular formula is C27H38N2O5. The van der Waals surface area contributed by atoms with E-state index >= 15 is 0 Å². The Bertz CT molecular complexity index is 1080. The molecule has 0 saturated carbocycles. The molecule has 2 fully saturated rings. The zero-order valence-corrected chi connectivity index (χ0v) is 21.0. The number of carbonyl (C=O) groups excluding carboxylic acids is 1. The first kappa shape index (κ1) is 24.7. The smallest absolute Gasteiger partial charge is 0.339 e. The predicted octanol–water partition coefficient (Wildman–Crippen LogP) is 3.84. The van der Waals surface area contributed by atoms with E-state index in [2.05, 4.69) is 4.90 Å². The van der Waals surface area contributed by atoms with Crippen molar-refractivity contribution >= 4 is 16.9 Å². The number of fused-ring (bicyclic) bond motifs is 2. The lowest BCUT2D eigenvalue weighted by Crippen LogP contribution is -2.52. The molecule has 0 bridgehead atoms. The van der Waals surface area contributed by atoms with E-state index < -0.39 is 0 Å². The van der Waals surface area contributed by atoms with Gasteiger partial charge in [0.15, 0.2) is 6.61 Å². The quantitative estimate of drug-likeness (QED) is 0.546. The van der Waals surface area contributed by atoms with E-state index in [4.69, 9.17) is 13.9 Å². The third-order valence-electron chi connectivity index (χ3n) is 7.78. The van der Waals surface area contributed by atoms with E-state index in [1.54, 1.807) is 14.0 Å². The molecule has 4 rings (SSSR count). The first-order valence-electron chi connectivity index (χ1n) is 12.6. The van der Waals surface area contributed by atoms with Crippen molar-refractivity contribution in [3.63, 3.8) is 0 Å². The van der Waals surface area contributed by atoms with Crippen LogP contribution >= 0.6 is 0 Å². The van der Waals surface area contributed by atoms with Gasteiger partial charge >= 0.3 is 5.63 Å². The number of amides is 1. The fraction of sp³-hybridized carbons (Fsp3) is 0.630. The minimum atomic E-state index is -0.337. The topological polar surface area (TPSA) is 72.2 Å². The van der Waals surface area contributed by atoms with E-state index in [0.717, 1.165) is 23.1 Å². The SMILES string of the molecule is COCCN(CC1CCCN2CCCCC12)C(=O)COc1ccc2c(C)c(C)c(=O)oc2c1C. The van der Waals surface area contributed by atoms with Crippen LogP contribution in [0, 0.1) is 26.7 Å². The molecule has 1 aromatic carbocycles. The maximum atomic E-state index is 13.2. The van der Waals surface area contributed by atoms with Crippen molar-refractivity contribution in [2.75, 3.05) is 46.5 Å². The molecule has 2 aliphatic heterocycles. The molecule has 2 saturated heterocycles. The second kappa shape index (κ2) is 10.9. The molecular weight excluding hydrogens is 432 g/mol. The lowest BCUT2D eigenvalue weighted by molar-refractivity contribution is -0.135. The highest BCUT2D eigenvalue weighted by molar-refractivity contribution is 5.85. The van der Waals surface area contributed by atoms with E-state index in [0.29, 0.717) is 42.0 Å². The Kier molecular flexibility index (Phi) is 7.94. The van der Waals surface area contributed by atoms with Crippen LogP contribution in [0.5, 0.6) is 5.75 Å². The number of ether oxygens (including phenoxy) is 2. The standard InChI is InChI=1S/C27H38N2O5/c1-18-19(2)27(31)34-26-20(3)24(11-10-22(18)26)33-17-25(30)29(14-15-32-4)16-21-8-7-13-28-12-6-5-9-23(21)28/h10-11,21,23H,5-9,12-17H2,1-4H3. The van der Waals surface area contributed by atoms with Crippen molar-refractivity contribution in [2.45, 2.75) is 58.9 Å². The number of methoxy groups -OCH3 is 1. The molecule has 186 valence electrons. The average Bonchev–Trinajstić information content (AvgIpc) is 2.85. The minimum absolute atomic E-state index is 0.0361. The van der Waals surface area contributed by atoms with Gasteiger partial charge in [-0.15, -0.1) is 0 Å². The second-order valence-corrected chi connectivity index (χ2v) is 9.83. The summed E-state index contributed by atoms with van der Waals surface area (Å²) in [4.78, 5) is 30.0. The molecule has 34 heavy (non-hydrogen) atoms. The van der Waals surface area contributed by atoms with Crippen LogP contribution in [0.1, 0.15) is 48.8 Å². The summed E-state index contributed by atoms with van der Waals surface area (Å²) in [5.74, 6) is 1.03. The molecule has 0 N–H and O–H groups in total. The summed E-state index contributed by atoms with van der Waals surface area (Å²) in [6, 6.07) is 4.34. The Morgan fingerprint density at radius 2 is 1.88 bits per heavy atom. The maximum absolute atomic E-state index is 13.2. The largest absolute Gasteiger partial charge is 0.483 e. The van der Waals surface area contributed by atoms with Crippen molar-refractivity contribution in [3.05, 3.63) is 39.2 Å². The van der Waals surface area contributed by atoms with Crippen LogP contribution in [0.4, 0.5) is 0 Å². The predicted molar refractivity (Wildman–Crippen MR) is 133 cm³/mol. The number of nitrogens with zero attached hydrogens (tertiary/aromatic N) is 2. The van der Waals surface area contributed by atoms with Crippen molar-refractivity contribution < 1.29 is 18.7 Å². The number of hydrogen-bond donors (Lipinski definition) is 0. The molecule has 2 atom stereocenters. The van der Waals surface area contributed by atoms with Gasteiger partial charge in [-0.2, -0.15) is 0 Å². The van der Waals surface area contributed by atoms with Crippen LogP contribution in [0.2, 0.25) is 0 Å². The molecule has 0 aliphatic carbocycles. The minimum Gasteiger partial charge on any atom is -0.483 e. The summed E-state index contributed by atoms with van der Waals surface area (Å²) >= 11 is 0. The maximum Gasteiger partial charge on any atom is 0.339 e. The molecule has 2 unspecified atom stereocenters. The molecule has 2 aliphatic rings. The van der Waals surface area contributed by atoms with Gasteiger partial charge in [0.2, 0.25) is 0 Å². The van der Waals surface area contributed by atoms with Crippen molar-refractivity contribution in [1.82, 2.24) is 9.80 Å². The summed E-state index contributed by atoms with van der Waals surface area (Å²) in [5.41, 5.74) is 2.44. The van der Waals surface area contributed by atoms with Gasteiger partial charge in [0.05, 0.1) is 6.61 Å². The summed E-state index contributed by atoms with van der Waals surface area (Å²) in [7, 11) is 1.67. The van der Waals surface area contributed by atoms with Crippen LogP contribution in [0.25, 0.3) is 11.0 Å². The first-order chi connectivity index (χ1) is 16.4. The highest BCUT2D eigenvalue weighted by Gasteiger charge is 2.34. The van der Waals surface area contributed by atoms with Crippen molar-refractivity contribution in [3.8, 4) is 5.75 Å². The van der Waals surface area contributed by atoms with Gasteiger partial charge in [-0.3, -0.25) is 4.79 Å². The second-order valence-electron chi connectivity index (χ2n) is 9.83. The van der Waals surface area contributed by atoms with E-state index in [1.807, 2.05) is 30.9 Å². The highest BCUT2D eigenvalue weighted by atomic mass is 16.5. The zero-order valence-electron chi connectivity index (χ0n) is 21.0. The number of benzene rings is 1. The lowest BCUT2D eigenvalue weighted by Gasteiger charge is -2.45. The fourth-order valence-corrected chi connectivity index (χ4v) is 5.60. The zero-order chi connectivity index (χ0) is 24.2. The Morgan fingerprint density at radius 3 is 2.68 bits per heavy atom. The summed E-state index contributed by atoms with van der Waals surface area (Å²) in [5, 5.41) is 0.893. The van der Waals surface area contributed by atoms with E-state index in [-0.39, 0.29) is 18.1 Å². The molecule has 1 amide bonds. The fourth-order valence-electron chi connectivity index (χ4n) is 5.60.